The summed E-state index contributed by atoms with van der Waals surface area (Å²) < 4.78 is 42.2. The third kappa shape index (κ3) is 27.8. The lowest BCUT2D eigenvalue weighted by Crippen LogP contribution is -2.37. The van der Waals surface area contributed by atoms with E-state index in [1.165, 1.54) is 159 Å². The normalized spacial score (nSPS) is 17.0. The first kappa shape index (κ1) is 59.4. The first-order valence-corrected chi connectivity index (χ1v) is 27.8. The quantitative estimate of drug-likeness (QED) is 0.0382. The van der Waals surface area contributed by atoms with Gasteiger partial charge in [-0.3, -0.25) is 14.3 Å². The Morgan fingerprint density at radius 1 is 0.692 bits per heavy atom. The standard InChI is InChI=1S/C52H97N4O8P/c1-8-10-12-14-16-18-20-22-24-26-28-30-32-34-38-59-52(60-39-35-33-31-29-27-25-23-21-19-17-15-13-11-9-2)64-47-41-49(55-42-46(7)50(57)54-51(55)58)63-48(47)43-62-65(61-40-36-37-53)56(44(3)4)45(5)6/h42,44-45,47-49,52H,8-36,38-41,43H2,1-7H3,(H,54,57,58)/t47?,48-,49-,65?/m1/s1. The molecule has 1 aliphatic rings. The molecule has 1 N–H and O–H groups in total. The van der Waals surface area contributed by atoms with Gasteiger partial charge in [0.2, 0.25) is 0 Å². The summed E-state index contributed by atoms with van der Waals surface area (Å²) in [6.07, 6.45) is 36.4. The predicted octanol–water partition coefficient (Wildman–Crippen LogP) is 14.1. The van der Waals surface area contributed by atoms with Crippen molar-refractivity contribution in [2.24, 2.45) is 0 Å². The van der Waals surface area contributed by atoms with Gasteiger partial charge in [0.1, 0.15) is 12.3 Å². The molecule has 0 saturated carbocycles. The number of aromatic amines is 1. The van der Waals surface area contributed by atoms with Crippen LogP contribution in [-0.4, -0.2) is 71.4 Å². The van der Waals surface area contributed by atoms with Crippen molar-refractivity contribution in [3.63, 3.8) is 0 Å². The highest BCUT2D eigenvalue weighted by molar-refractivity contribution is 7.44. The number of unbranched alkanes of at least 4 members (excludes halogenated alkanes) is 26. The number of nitrogens with zero attached hydrogens (tertiary/aromatic N) is 3. The van der Waals surface area contributed by atoms with Crippen molar-refractivity contribution in [3.05, 3.63) is 32.6 Å². The smallest absolute Gasteiger partial charge is 0.330 e. The van der Waals surface area contributed by atoms with Gasteiger partial charge < -0.3 is 28.0 Å². The summed E-state index contributed by atoms with van der Waals surface area (Å²) in [6.45, 7) is 15.1. The van der Waals surface area contributed by atoms with Crippen LogP contribution < -0.4 is 11.2 Å². The van der Waals surface area contributed by atoms with Gasteiger partial charge in [0.25, 0.3) is 20.6 Å². The second-order valence-electron chi connectivity index (χ2n) is 19.1. The fraction of sp³-hybridized carbons (Fsp3) is 0.904. The highest BCUT2D eigenvalue weighted by Crippen LogP contribution is 2.47. The molecule has 1 saturated heterocycles. The zero-order valence-electron chi connectivity index (χ0n) is 42.6. The van der Waals surface area contributed by atoms with Crippen LogP contribution in [0.15, 0.2) is 15.8 Å². The van der Waals surface area contributed by atoms with Gasteiger partial charge in [0, 0.05) is 30.3 Å². The van der Waals surface area contributed by atoms with Crippen LogP contribution in [0.1, 0.15) is 246 Å². The van der Waals surface area contributed by atoms with Crippen molar-refractivity contribution in [1.29, 1.82) is 5.26 Å². The number of nitriles is 1. The number of H-pyrrole nitrogens is 1. The Morgan fingerprint density at radius 2 is 1.12 bits per heavy atom. The number of rotatable bonds is 44. The summed E-state index contributed by atoms with van der Waals surface area (Å²) in [4.78, 5) is 27.8. The third-order valence-electron chi connectivity index (χ3n) is 12.4. The lowest BCUT2D eigenvalue weighted by molar-refractivity contribution is -0.309. The van der Waals surface area contributed by atoms with Crippen LogP contribution in [0.4, 0.5) is 0 Å². The molecule has 2 heterocycles. The average Bonchev–Trinajstić information content (AvgIpc) is 3.67. The summed E-state index contributed by atoms with van der Waals surface area (Å²) in [5.41, 5.74) is -0.554. The molecule has 65 heavy (non-hydrogen) atoms. The number of nitrogens with one attached hydrogen (secondary N) is 1. The van der Waals surface area contributed by atoms with E-state index in [-0.39, 0.29) is 31.7 Å². The van der Waals surface area contributed by atoms with Crippen LogP contribution in [0.2, 0.25) is 0 Å². The van der Waals surface area contributed by atoms with E-state index < -0.39 is 44.7 Å². The molecule has 0 amide bonds. The van der Waals surface area contributed by atoms with Gasteiger partial charge in [0.05, 0.1) is 45.0 Å². The van der Waals surface area contributed by atoms with Crippen molar-refractivity contribution in [3.8, 4) is 6.07 Å². The van der Waals surface area contributed by atoms with Crippen LogP contribution in [-0.2, 0) is 28.0 Å². The maximum Gasteiger partial charge on any atom is 0.330 e. The summed E-state index contributed by atoms with van der Waals surface area (Å²) in [7, 11) is -1.54. The molecule has 0 bridgehead atoms. The first-order chi connectivity index (χ1) is 31.6. The van der Waals surface area contributed by atoms with Gasteiger partial charge in [0.15, 0.2) is 0 Å². The molecule has 1 aliphatic heterocycles. The Hall–Kier alpha value is -1.68. The lowest BCUT2D eigenvalue weighted by Gasteiger charge is -2.36. The second-order valence-corrected chi connectivity index (χ2v) is 20.5. The third-order valence-corrected chi connectivity index (χ3v) is 14.5. The molecule has 0 aromatic carbocycles. The van der Waals surface area contributed by atoms with Gasteiger partial charge in [-0.1, -0.05) is 181 Å². The number of ether oxygens (including phenoxy) is 4. The van der Waals surface area contributed by atoms with Crippen LogP contribution in [0.3, 0.4) is 0 Å². The van der Waals surface area contributed by atoms with Crippen LogP contribution in [0.25, 0.3) is 0 Å². The van der Waals surface area contributed by atoms with E-state index in [1.807, 2.05) is 0 Å². The summed E-state index contributed by atoms with van der Waals surface area (Å²) in [6, 6.07) is 2.42. The Bertz CT molecular complexity index is 1390. The summed E-state index contributed by atoms with van der Waals surface area (Å²) in [5, 5.41) is 9.23. The molecule has 1 aromatic rings. The fourth-order valence-electron chi connectivity index (χ4n) is 8.64. The number of hydrogen-bond acceptors (Lipinski definition) is 10. The minimum atomic E-state index is -1.54. The second kappa shape index (κ2) is 39.2. The van der Waals surface area contributed by atoms with Gasteiger partial charge in [-0.05, 0) is 47.5 Å². The van der Waals surface area contributed by atoms with Gasteiger partial charge >= 0.3 is 5.69 Å². The molecule has 2 rings (SSSR count). The predicted molar refractivity (Wildman–Crippen MR) is 267 cm³/mol. The Balaban J connectivity index is 2.02. The van der Waals surface area contributed by atoms with E-state index >= 15 is 0 Å². The Morgan fingerprint density at radius 3 is 1.54 bits per heavy atom. The van der Waals surface area contributed by atoms with Crippen molar-refractivity contribution in [2.45, 2.75) is 278 Å². The van der Waals surface area contributed by atoms with E-state index in [2.05, 4.69) is 57.3 Å². The van der Waals surface area contributed by atoms with Crippen LogP contribution in [0, 0.1) is 18.3 Å². The fourth-order valence-corrected chi connectivity index (χ4v) is 10.3. The van der Waals surface area contributed by atoms with Crippen molar-refractivity contribution >= 4 is 8.53 Å². The molecule has 4 atom stereocenters. The molecule has 1 fully saturated rings. The highest BCUT2D eigenvalue weighted by Gasteiger charge is 2.41. The van der Waals surface area contributed by atoms with Crippen molar-refractivity contribution in [2.75, 3.05) is 26.4 Å². The van der Waals surface area contributed by atoms with Gasteiger partial charge in [-0.25, -0.2) is 9.46 Å². The number of aryl methyl sites for hydroxylation is 1. The van der Waals surface area contributed by atoms with E-state index in [1.54, 1.807) is 13.1 Å². The van der Waals surface area contributed by atoms with Gasteiger partial charge in [-0.15, -0.1) is 0 Å². The van der Waals surface area contributed by atoms with E-state index in [0.29, 0.717) is 25.2 Å². The monoisotopic (exact) mass is 937 g/mol. The maximum absolute atomic E-state index is 13.1. The number of hydrogen-bond donors (Lipinski definition) is 1. The molecule has 0 aliphatic carbocycles. The van der Waals surface area contributed by atoms with E-state index in [9.17, 15) is 14.9 Å². The molecule has 378 valence electrons. The maximum atomic E-state index is 13.1. The molecular formula is C52H97N4O8P. The van der Waals surface area contributed by atoms with E-state index in [0.717, 1.165) is 25.7 Å². The van der Waals surface area contributed by atoms with Crippen LogP contribution >= 0.6 is 8.53 Å². The first-order valence-electron chi connectivity index (χ1n) is 26.7. The SMILES string of the molecule is CCCCCCCCCCCCCCCCOC(OCCCCCCCCCCCCCCCC)OC1C[C@H](n2cc(C)c(=O)[nH]c2=O)O[C@@H]1COP(OCCC#N)N(C(C)C)C(C)C. The van der Waals surface area contributed by atoms with Crippen molar-refractivity contribution in [1.82, 2.24) is 14.2 Å². The highest BCUT2D eigenvalue weighted by atomic mass is 31.2. The average molecular weight is 937 g/mol. The zero-order valence-corrected chi connectivity index (χ0v) is 43.5. The van der Waals surface area contributed by atoms with Crippen molar-refractivity contribution < 1.29 is 28.0 Å². The lowest BCUT2D eigenvalue weighted by atomic mass is 10.0. The Kier molecular flexibility index (Phi) is 35.8. The Labute approximate surface area is 397 Å². The minimum absolute atomic E-state index is 0.122. The van der Waals surface area contributed by atoms with Crippen LogP contribution in [0.5, 0.6) is 0 Å². The number of aromatic nitrogens is 2. The summed E-state index contributed by atoms with van der Waals surface area (Å²) >= 11 is 0. The molecule has 13 heteroatoms. The van der Waals surface area contributed by atoms with Gasteiger partial charge in [-0.2, -0.15) is 5.26 Å². The molecule has 0 radical (unpaired) electrons. The molecule has 2 unspecified atom stereocenters. The molecule has 12 nitrogen and oxygen atoms in total. The molecule has 1 aromatic heterocycles. The zero-order chi connectivity index (χ0) is 47.3. The largest absolute Gasteiger partial charge is 0.349 e. The molecular weight excluding hydrogens is 840 g/mol. The molecule has 0 spiro atoms. The van der Waals surface area contributed by atoms with E-state index in [4.69, 9.17) is 28.0 Å². The minimum Gasteiger partial charge on any atom is -0.349 e. The topological polar surface area (TPSA) is 137 Å². The summed E-state index contributed by atoms with van der Waals surface area (Å²) in [5.74, 6) is 0.